The molecule has 0 bridgehead atoms. The van der Waals surface area contributed by atoms with Gasteiger partial charge in [-0.3, -0.25) is 10.2 Å². The van der Waals surface area contributed by atoms with Crippen LogP contribution < -0.4 is 15.0 Å². The normalized spacial score (nSPS) is 13.2. The minimum Gasteiger partial charge on any atom is -0.445 e. The third-order valence-electron chi connectivity index (χ3n) is 4.22. The van der Waals surface area contributed by atoms with Crippen LogP contribution in [0.3, 0.4) is 0 Å². The van der Waals surface area contributed by atoms with E-state index in [9.17, 15) is 13.6 Å². The number of benzene rings is 2. The minimum atomic E-state index is -0.402. The topological polar surface area (TPSA) is 54.5 Å². The van der Waals surface area contributed by atoms with Crippen molar-refractivity contribution in [2.75, 3.05) is 16.8 Å². The van der Waals surface area contributed by atoms with Gasteiger partial charge in [0.15, 0.2) is 5.13 Å². The second kappa shape index (κ2) is 7.93. The Morgan fingerprint density at radius 2 is 1.93 bits per heavy atom. The zero-order valence-corrected chi connectivity index (χ0v) is 15.6. The molecule has 0 saturated heterocycles. The summed E-state index contributed by atoms with van der Waals surface area (Å²) < 4.78 is 32.4. The number of rotatable bonds is 6. The molecule has 144 valence electrons. The van der Waals surface area contributed by atoms with E-state index in [0.717, 1.165) is 24.2 Å². The molecule has 0 aliphatic heterocycles. The van der Waals surface area contributed by atoms with E-state index in [-0.39, 0.29) is 6.03 Å². The third kappa shape index (κ3) is 4.64. The van der Waals surface area contributed by atoms with E-state index in [1.54, 1.807) is 24.3 Å². The zero-order chi connectivity index (χ0) is 19.5. The number of amides is 2. The van der Waals surface area contributed by atoms with E-state index in [4.69, 9.17) is 4.74 Å². The Morgan fingerprint density at radius 1 is 1.18 bits per heavy atom. The first-order valence-corrected chi connectivity index (χ1v) is 9.62. The molecule has 1 heterocycles. The highest BCUT2D eigenvalue weighted by Gasteiger charge is 2.28. The van der Waals surface area contributed by atoms with E-state index in [1.165, 1.54) is 35.4 Å². The minimum absolute atomic E-state index is 0.341. The van der Waals surface area contributed by atoms with E-state index in [2.05, 4.69) is 10.3 Å². The van der Waals surface area contributed by atoms with Crippen molar-refractivity contribution in [2.24, 2.45) is 5.92 Å². The summed E-state index contributed by atoms with van der Waals surface area (Å²) in [5, 5.41) is 3.49. The molecule has 0 unspecified atom stereocenters. The SMILES string of the molecule is O=C(Nc1ncc(Oc2cccc(F)c2)s1)N(CC1CC1)c1cccc(F)c1. The molecule has 1 saturated carbocycles. The average Bonchev–Trinajstić information content (AvgIpc) is 3.39. The van der Waals surface area contributed by atoms with E-state index in [0.29, 0.717) is 34.1 Å². The van der Waals surface area contributed by atoms with Gasteiger partial charge in [0.05, 0.1) is 6.20 Å². The maximum absolute atomic E-state index is 13.6. The molecule has 1 aromatic heterocycles. The summed E-state index contributed by atoms with van der Waals surface area (Å²) in [6.45, 7) is 0.521. The lowest BCUT2D eigenvalue weighted by molar-refractivity contribution is 0.256. The summed E-state index contributed by atoms with van der Waals surface area (Å²) in [6, 6.07) is 11.3. The number of nitrogens with zero attached hydrogens (tertiary/aromatic N) is 2. The fourth-order valence-corrected chi connectivity index (χ4v) is 3.36. The Labute approximate surface area is 164 Å². The lowest BCUT2D eigenvalue weighted by atomic mass is 10.2. The van der Waals surface area contributed by atoms with Crippen LogP contribution in [0.4, 0.5) is 24.4 Å². The standard InChI is InChI=1S/C20H17F2N3O2S/c21-14-3-1-5-16(9-14)25(12-13-7-8-13)20(26)24-19-23-11-18(28-19)27-17-6-2-4-15(22)10-17/h1-6,9-11,13H,7-8,12H2,(H,23,24,26). The van der Waals surface area contributed by atoms with Gasteiger partial charge in [-0.25, -0.2) is 18.6 Å². The molecule has 8 heteroatoms. The second-order valence-corrected chi connectivity index (χ2v) is 7.50. The van der Waals surface area contributed by atoms with Crippen molar-refractivity contribution < 1.29 is 18.3 Å². The Bertz CT molecular complexity index is 991. The fraction of sp³-hybridized carbons (Fsp3) is 0.200. The van der Waals surface area contributed by atoms with Crippen LogP contribution in [0.2, 0.25) is 0 Å². The smallest absolute Gasteiger partial charge is 0.328 e. The van der Waals surface area contributed by atoms with Crippen LogP contribution in [0.5, 0.6) is 10.8 Å². The summed E-state index contributed by atoms with van der Waals surface area (Å²) >= 11 is 1.12. The van der Waals surface area contributed by atoms with E-state index >= 15 is 0 Å². The van der Waals surface area contributed by atoms with Gasteiger partial charge >= 0.3 is 6.03 Å². The summed E-state index contributed by atoms with van der Waals surface area (Å²) in [5.41, 5.74) is 0.497. The molecule has 28 heavy (non-hydrogen) atoms. The number of carbonyl (C=O) groups is 1. The second-order valence-electron chi connectivity index (χ2n) is 6.51. The molecule has 4 rings (SSSR count). The fourth-order valence-electron chi connectivity index (χ4n) is 2.68. The van der Waals surface area contributed by atoms with E-state index in [1.807, 2.05) is 0 Å². The van der Waals surface area contributed by atoms with Gasteiger partial charge in [-0.1, -0.05) is 23.5 Å². The number of aromatic nitrogens is 1. The van der Waals surface area contributed by atoms with Crippen LogP contribution in [0.25, 0.3) is 0 Å². The van der Waals surface area contributed by atoms with Gasteiger partial charge in [0, 0.05) is 18.3 Å². The van der Waals surface area contributed by atoms with Gasteiger partial charge in [-0.2, -0.15) is 0 Å². The van der Waals surface area contributed by atoms with Gasteiger partial charge < -0.3 is 4.74 Å². The first kappa shape index (κ1) is 18.4. The third-order valence-corrected chi connectivity index (χ3v) is 5.01. The summed E-state index contributed by atoms with van der Waals surface area (Å²) in [7, 11) is 0. The molecule has 1 N–H and O–H groups in total. The maximum atomic E-state index is 13.6. The molecule has 1 fully saturated rings. The lowest BCUT2D eigenvalue weighted by Gasteiger charge is -2.22. The number of ether oxygens (including phenoxy) is 1. The number of nitrogens with one attached hydrogen (secondary N) is 1. The highest BCUT2D eigenvalue weighted by Crippen LogP contribution is 2.33. The molecular weight excluding hydrogens is 384 g/mol. The highest BCUT2D eigenvalue weighted by atomic mass is 32.1. The average molecular weight is 401 g/mol. The molecule has 1 aliphatic rings. The van der Waals surface area contributed by atoms with Gasteiger partial charge in [0.25, 0.3) is 0 Å². The van der Waals surface area contributed by atoms with Crippen molar-refractivity contribution in [3.05, 3.63) is 66.4 Å². The van der Waals surface area contributed by atoms with Crippen molar-refractivity contribution >= 4 is 28.2 Å². The molecular formula is C20H17F2N3O2S. The van der Waals surface area contributed by atoms with Crippen molar-refractivity contribution in [3.63, 3.8) is 0 Å². The number of urea groups is 1. The maximum Gasteiger partial charge on any atom is 0.328 e. The van der Waals surface area contributed by atoms with Crippen molar-refractivity contribution in [2.45, 2.75) is 12.8 Å². The summed E-state index contributed by atoms with van der Waals surface area (Å²) in [5.74, 6) is -0.0266. The summed E-state index contributed by atoms with van der Waals surface area (Å²) in [6.07, 6.45) is 3.57. The largest absolute Gasteiger partial charge is 0.445 e. The molecule has 3 aromatic rings. The number of hydrogen-bond donors (Lipinski definition) is 1. The van der Waals surface area contributed by atoms with Crippen molar-refractivity contribution in [1.82, 2.24) is 4.98 Å². The number of halogens is 2. The highest BCUT2D eigenvalue weighted by molar-refractivity contribution is 7.17. The van der Waals surface area contributed by atoms with Gasteiger partial charge in [0.2, 0.25) is 5.06 Å². The number of anilines is 2. The molecule has 1 aliphatic carbocycles. The Balaban J connectivity index is 1.46. The number of carbonyl (C=O) groups excluding carboxylic acids is 1. The van der Waals surface area contributed by atoms with Gasteiger partial charge in [0.1, 0.15) is 17.4 Å². The van der Waals surface area contributed by atoms with Crippen molar-refractivity contribution in [3.8, 4) is 10.8 Å². The predicted molar refractivity (Wildman–Crippen MR) is 104 cm³/mol. The van der Waals surface area contributed by atoms with Gasteiger partial charge in [-0.15, -0.1) is 0 Å². The van der Waals surface area contributed by atoms with Crippen LogP contribution in [-0.4, -0.2) is 17.6 Å². The molecule has 0 radical (unpaired) electrons. The molecule has 0 atom stereocenters. The van der Waals surface area contributed by atoms with Crippen LogP contribution in [0.15, 0.2) is 54.7 Å². The predicted octanol–water partition coefficient (Wildman–Crippen LogP) is 5.66. The van der Waals surface area contributed by atoms with Crippen LogP contribution in [0, 0.1) is 17.6 Å². The first-order chi connectivity index (χ1) is 13.6. The molecule has 0 spiro atoms. The molecule has 2 amide bonds. The summed E-state index contributed by atoms with van der Waals surface area (Å²) in [4.78, 5) is 18.4. The molecule has 2 aromatic carbocycles. The van der Waals surface area contributed by atoms with Crippen LogP contribution in [0.1, 0.15) is 12.8 Å². The Hall–Kier alpha value is -3.00. The Morgan fingerprint density at radius 3 is 2.64 bits per heavy atom. The monoisotopic (exact) mass is 401 g/mol. The number of thiazole rings is 1. The Kier molecular flexibility index (Phi) is 5.21. The molecule has 5 nitrogen and oxygen atoms in total. The zero-order valence-electron chi connectivity index (χ0n) is 14.8. The van der Waals surface area contributed by atoms with E-state index < -0.39 is 11.6 Å². The number of hydrogen-bond acceptors (Lipinski definition) is 4. The first-order valence-electron chi connectivity index (χ1n) is 8.80. The van der Waals surface area contributed by atoms with Crippen LogP contribution in [-0.2, 0) is 0 Å². The van der Waals surface area contributed by atoms with Gasteiger partial charge in [-0.05, 0) is 49.1 Å². The van der Waals surface area contributed by atoms with Crippen LogP contribution >= 0.6 is 11.3 Å². The lowest BCUT2D eigenvalue weighted by Crippen LogP contribution is -2.36. The quantitative estimate of drug-likeness (QED) is 0.580. The van der Waals surface area contributed by atoms with Crippen molar-refractivity contribution in [1.29, 1.82) is 0 Å².